The van der Waals surface area contributed by atoms with Crippen molar-refractivity contribution in [2.45, 2.75) is 26.7 Å². The van der Waals surface area contributed by atoms with Crippen LogP contribution in [0.1, 0.15) is 29.2 Å². The molecule has 39 heavy (non-hydrogen) atoms. The lowest BCUT2D eigenvalue weighted by atomic mass is 10.0. The second kappa shape index (κ2) is 12.7. The molecular formula is C32H29BrN2O4. The van der Waals surface area contributed by atoms with Gasteiger partial charge < -0.3 is 24.3 Å². The van der Waals surface area contributed by atoms with Gasteiger partial charge in [0.15, 0.2) is 11.5 Å². The summed E-state index contributed by atoms with van der Waals surface area (Å²) in [5.41, 5.74) is 5.71. The first-order chi connectivity index (χ1) is 19.1. The number of rotatable bonds is 10. The van der Waals surface area contributed by atoms with Crippen LogP contribution in [0.5, 0.6) is 23.0 Å². The van der Waals surface area contributed by atoms with E-state index in [-0.39, 0.29) is 0 Å². The van der Waals surface area contributed by atoms with Gasteiger partial charge in [-0.1, -0.05) is 49.4 Å². The Hall–Kier alpha value is -3.99. The molecule has 1 aliphatic rings. The van der Waals surface area contributed by atoms with Crippen LogP contribution in [-0.4, -0.2) is 19.8 Å². The molecule has 0 amide bonds. The van der Waals surface area contributed by atoms with Crippen LogP contribution in [0.3, 0.4) is 0 Å². The molecular weight excluding hydrogens is 556 g/mol. The molecule has 0 aliphatic carbocycles. The zero-order valence-corrected chi connectivity index (χ0v) is 23.3. The Bertz CT molecular complexity index is 1500. The van der Waals surface area contributed by atoms with Gasteiger partial charge in [0.2, 0.25) is 0 Å². The molecule has 0 radical (unpaired) electrons. The molecule has 0 atom stereocenters. The summed E-state index contributed by atoms with van der Waals surface area (Å²) in [4.78, 5) is 0. The third kappa shape index (κ3) is 6.54. The van der Waals surface area contributed by atoms with Gasteiger partial charge in [0, 0.05) is 28.2 Å². The first kappa shape index (κ1) is 26.6. The highest BCUT2D eigenvalue weighted by atomic mass is 79.9. The highest BCUT2D eigenvalue weighted by molar-refractivity contribution is 9.10. The summed E-state index contributed by atoms with van der Waals surface area (Å²) in [7, 11) is 0. The number of nitriles is 1. The molecule has 4 aromatic carbocycles. The fourth-order valence-electron chi connectivity index (χ4n) is 4.34. The Morgan fingerprint density at radius 1 is 0.872 bits per heavy atom. The fourth-order valence-corrected chi connectivity index (χ4v) is 4.95. The maximum Gasteiger partial charge on any atom is 0.161 e. The van der Waals surface area contributed by atoms with Crippen LogP contribution in [0.4, 0.5) is 0 Å². The van der Waals surface area contributed by atoms with Crippen LogP contribution in [0.15, 0.2) is 83.3 Å². The highest BCUT2D eigenvalue weighted by Crippen LogP contribution is 2.38. The summed E-state index contributed by atoms with van der Waals surface area (Å²) < 4.78 is 24.8. The SMILES string of the molecule is CCNCc1ccc(OCc2cccc(-c3ccc4c(c3)OCCO4)c2Br)cc1OCc1cccc(C#N)c1. The minimum atomic E-state index is 0.362. The third-order valence-electron chi connectivity index (χ3n) is 6.38. The van der Waals surface area contributed by atoms with Crippen molar-refractivity contribution in [3.05, 3.63) is 106 Å². The summed E-state index contributed by atoms with van der Waals surface area (Å²) in [6.07, 6.45) is 0. The molecule has 0 saturated carbocycles. The number of ether oxygens (including phenoxy) is 4. The molecule has 1 N–H and O–H groups in total. The lowest BCUT2D eigenvalue weighted by Crippen LogP contribution is -2.15. The second-order valence-electron chi connectivity index (χ2n) is 9.08. The molecule has 5 rings (SSSR count). The Kier molecular flexibility index (Phi) is 8.67. The highest BCUT2D eigenvalue weighted by Gasteiger charge is 2.15. The molecule has 7 heteroatoms. The van der Waals surface area contributed by atoms with Gasteiger partial charge in [-0.05, 0) is 69.5 Å². The predicted molar refractivity (Wildman–Crippen MR) is 154 cm³/mol. The topological polar surface area (TPSA) is 72.7 Å². The van der Waals surface area contributed by atoms with E-state index in [0.29, 0.717) is 44.3 Å². The molecule has 1 heterocycles. The monoisotopic (exact) mass is 584 g/mol. The molecule has 4 aromatic rings. The molecule has 0 aromatic heterocycles. The van der Waals surface area contributed by atoms with E-state index in [4.69, 9.17) is 18.9 Å². The minimum Gasteiger partial charge on any atom is -0.489 e. The zero-order valence-electron chi connectivity index (χ0n) is 21.7. The zero-order chi connectivity index (χ0) is 27.0. The Balaban J connectivity index is 1.32. The number of hydrogen-bond acceptors (Lipinski definition) is 6. The van der Waals surface area contributed by atoms with E-state index in [9.17, 15) is 5.26 Å². The summed E-state index contributed by atoms with van der Waals surface area (Å²) in [5, 5.41) is 12.6. The molecule has 198 valence electrons. The molecule has 0 saturated heterocycles. The van der Waals surface area contributed by atoms with Crippen LogP contribution >= 0.6 is 15.9 Å². The largest absolute Gasteiger partial charge is 0.489 e. The van der Waals surface area contributed by atoms with E-state index in [1.54, 1.807) is 6.07 Å². The van der Waals surface area contributed by atoms with Crippen molar-refractivity contribution in [2.75, 3.05) is 19.8 Å². The first-order valence-corrected chi connectivity index (χ1v) is 13.7. The Labute approximate surface area is 237 Å². The van der Waals surface area contributed by atoms with Gasteiger partial charge in [-0.15, -0.1) is 0 Å². The van der Waals surface area contributed by atoms with Crippen LogP contribution in [0, 0.1) is 11.3 Å². The summed E-state index contributed by atoms with van der Waals surface area (Å²) in [6.45, 7) is 5.48. The number of nitrogens with one attached hydrogen (secondary N) is 1. The molecule has 6 nitrogen and oxygen atoms in total. The van der Waals surface area contributed by atoms with Crippen LogP contribution in [0.25, 0.3) is 11.1 Å². The average Bonchev–Trinajstić information content (AvgIpc) is 2.98. The average molecular weight is 585 g/mol. The normalized spacial score (nSPS) is 12.0. The Morgan fingerprint density at radius 3 is 2.56 bits per heavy atom. The summed E-state index contributed by atoms with van der Waals surface area (Å²) in [5.74, 6) is 3.00. The first-order valence-electron chi connectivity index (χ1n) is 12.9. The second-order valence-corrected chi connectivity index (χ2v) is 9.87. The van der Waals surface area contributed by atoms with Crippen molar-refractivity contribution in [1.82, 2.24) is 5.32 Å². The van der Waals surface area contributed by atoms with Gasteiger partial charge in [-0.25, -0.2) is 0 Å². The van der Waals surface area contributed by atoms with Gasteiger partial charge in [0.25, 0.3) is 0 Å². The molecule has 1 aliphatic heterocycles. The lowest BCUT2D eigenvalue weighted by Gasteiger charge is -2.19. The number of benzene rings is 4. The maximum absolute atomic E-state index is 9.20. The summed E-state index contributed by atoms with van der Waals surface area (Å²) >= 11 is 3.80. The van der Waals surface area contributed by atoms with E-state index in [1.165, 1.54) is 0 Å². The van der Waals surface area contributed by atoms with Crippen molar-refractivity contribution >= 4 is 15.9 Å². The van der Waals surface area contributed by atoms with E-state index in [0.717, 1.165) is 56.1 Å². The van der Waals surface area contributed by atoms with Gasteiger partial charge in [-0.3, -0.25) is 0 Å². The van der Waals surface area contributed by atoms with Crippen LogP contribution in [-0.2, 0) is 19.8 Å². The maximum atomic E-state index is 9.20. The molecule has 0 bridgehead atoms. The number of nitrogens with zero attached hydrogens (tertiary/aromatic N) is 1. The van der Waals surface area contributed by atoms with Gasteiger partial charge in [-0.2, -0.15) is 5.26 Å². The fraction of sp³-hybridized carbons (Fsp3) is 0.219. The van der Waals surface area contributed by atoms with Crippen molar-refractivity contribution in [1.29, 1.82) is 5.26 Å². The van der Waals surface area contributed by atoms with Crippen molar-refractivity contribution in [2.24, 2.45) is 0 Å². The quantitative estimate of drug-likeness (QED) is 0.216. The number of fused-ring (bicyclic) bond motifs is 1. The molecule has 0 unspecified atom stereocenters. The molecule has 0 fully saturated rings. The van der Waals surface area contributed by atoms with Crippen LogP contribution < -0.4 is 24.3 Å². The van der Waals surface area contributed by atoms with Gasteiger partial charge >= 0.3 is 0 Å². The molecule has 0 spiro atoms. The van der Waals surface area contributed by atoms with Gasteiger partial charge in [0.1, 0.15) is 37.9 Å². The smallest absolute Gasteiger partial charge is 0.161 e. The predicted octanol–water partition coefficient (Wildman–Crippen LogP) is 7.03. The standard InChI is InChI=1S/C32H29BrN2O4/c1-2-35-19-25-9-11-27(17-30(25)39-20-23-6-3-5-22(15-23)18-34)38-21-26-7-4-8-28(32(26)33)24-10-12-29-31(16-24)37-14-13-36-29/h3-12,15-17,35H,2,13-14,19-21H2,1H3. The van der Waals surface area contributed by atoms with Crippen molar-refractivity contribution in [3.8, 4) is 40.2 Å². The number of hydrogen-bond donors (Lipinski definition) is 1. The van der Waals surface area contributed by atoms with Crippen molar-refractivity contribution < 1.29 is 18.9 Å². The van der Waals surface area contributed by atoms with Gasteiger partial charge in [0.05, 0.1) is 11.6 Å². The van der Waals surface area contributed by atoms with E-state index < -0.39 is 0 Å². The third-order valence-corrected chi connectivity index (χ3v) is 7.32. The lowest BCUT2D eigenvalue weighted by molar-refractivity contribution is 0.171. The van der Waals surface area contributed by atoms with E-state index in [1.807, 2.05) is 66.7 Å². The van der Waals surface area contributed by atoms with Crippen LogP contribution in [0.2, 0.25) is 0 Å². The Morgan fingerprint density at radius 2 is 1.72 bits per heavy atom. The van der Waals surface area contributed by atoms with E-state index in [2.05, 4.69) is 40.3 Å². The number of halogens is 1. The summed E-state index contributed by atoms with van der Waals surface area (Å²) in [6, 6.07) is 27.7. The minimum absolute atomic E-state index is 0.362. The van der Waals surface area contributed by atoms with Crippen molar-refractivity contribution in [3.63, 3.8) is 0 Å². The van der Waals surface area contributed by atoms with E-state index >= 15 is 0 Å².